The molecule has 3 aromatic rings. The smallest absolute Gasteiger partial charge is 0.226 e. The number of carbonyl (C=O) groups excluding carboxylic acids is 2. The van der Waals surface area contributed by atoms with Gasteiger partial charge in [0.05, 0.1) is 19.6 Å². The summed E-state index contributed by atoms with van der Waals surface area (Å²) in [5, 5.41) is 7.97. The van der Waals surface area contributed by atoms with E-state index in [-0.39, 0.29) is 18.2 Å². The van der Waals surface area contributed by atoms with Crippen LogP contribution in [0.15, 0.2) is 60.0 Å². The lowest BCUT2D eigenvalue weighted by molar-refractivity contribution is -0.120. The maximum absolute atomic E-state index is 12.7. The lowest BCUT2D eigenvalue weighted by atomic mass is 10.0. The van der Waals surface area contributed by atoms with Crippen molar-refractivity contribution >= 4 is 34.5 Å². The highest BCUT2D eigenvalue weighted by molar-refractivity contribution is 7.10. The molecule has 6 nitrogen and oxygen atoms in total. The molecular weight excluding hydrogens is 422 g/mol. The van der Waals surface area contributed by atoms with Crippen molar-refractivity contribution in [2.24, 2.45) is 0 Å². The van der Waals surface area contributed by atoms with Gasteiger partial charge in [-0.05, 0) is 65.4 Å². The molecule has 2 aromatic carbocycles. The molecule has 2 N–H and O–H groups in total. The second-order valence-electron chi connectivity index (χ2n) is 7.87. The van der Waals surface area contributed by atoms with E-state index in [1.54, 1.807) is 7.11 Å². The SMILES string of the molecule is COc1ccc(C(CC(=O)Nc2ccc(N3CCc4sccc4C3)cc2)NC(C)=O)cc1. The van der Waals surface area contributed by atoms with Gasteiger partial charge in [0, 0.05) is 36.3 Å². The summed E-state index contributed by atoms with van der Waals surface area (Å²) in [6, 6.07) is 17.1. The number of thiophene rings is 1. The van der Waals surface area contributed by atoms with Gasteiger partial charge in [0.25, 0.3) is 0 Å². The molecule has 0 aliphatic carbocycles. The number of amides is 2. The van der Waals surface area contributed by atoms with Crippen molar-refractivity contribution in [3.63, 3.8) is 0 Å². The molecule has 4 rings (SSSR count). The minimum absolute atomic E-state index is 0.140. The van der Waals surface area contributed by atoms with Crippen LogP contribution in [0, 0.1) is 0 Å². The molecule has 1 unspecified atom stereocenters. The molecule has 0 spiro atoms. The molecule has 1 atom stereocenters. The summed E-state index contributed by atoms with van der Waals surface area (Å²) >= 11 is 1.83. The van der Waals surface area contributed by atoms with Gasteiger partial charge in [0.15, 0.2) is 0 Å². The molecule has 1 aromatic heterocycles. The van der Waals surface area contributed by atoms with Crippen molar-refractivity contribution in [1.82, 2.24) is 5.32 Å². The van der Waals surface area contributed by atoms with Crippen molar-refractivity contribution < 1.29 is 14.3 Å². The van der Waals surface area contributed by atoms with Gasteiger partial charge in [-0.15, -0.1) is 11.3 Å². The maximum Gasteiger partial charge on any atom is 0.226 e. The molecule has 1 aliphatic heterocycles. The van der Waals surface area contributed by atoms with Crippen LogP contribution in [0.1, 0.15) is 35.4 Å². The number of methoxy groups -OCH3 is 1. The number of rotatable bonds is 7. The number of ether oxygens (including phenoxy) is 1. The number of nitrogens with one attached hydrogen (secondary N) is 2. The molecule has 1 aliphatic rings. The Kier molecular flexibility index (Phi) is 6.75. The standard InChI is InChI=1S/C25H27N3O3S/c1-17(29)26-23(18-3-9-22(31-2)10-4-18)15-25(30)27-20-5-7-21(8-6-20)28-13-11-24-19(16-28)12-14-32-24/h3-10,12,14,23H,11,13,15-16H2,1-2H3,(H,26,29)(H,27,30). The van der Waals surface area contributed by atoms with Crippen LogP contribution >= 0.6 is 11.3 Å². The quantitative estimate of drug-likeness (QED) is 0.556. The average molecular weight is 450 g/mol. The van der Waals surface area contributed by atoms with Crippen molar-refractivity contribution in [3.05, 3.63) is 76.0 Å². The zero-order chi connectivity index (χ0) is 22.5. The first-order chi connectivity index (χ1) is 15.5. The molecule has 2 amide bonds. The van der Waals surface area contributed by atoms with Crippen molar-refractivity contribution in [3.8, 4) is 5.75 Å². The van der Waals surface area contributed by atoms with Crippen LogP contribution in [0.5, 0.6) is 5.75 Å². The fourth-order valence-electron chi connectivity index (χ4n) is 3.96. The van der Waals surface area contributed by atoms with Crippen molar-refractivity contribution in [2.75, 3.05) is 23.9 Å². The second-order valence-corrected chi connectivity index (χ2v) is 8.87. The number of anilines is 2. The summed E-state index contributed by atoms with van der Waals surface area (Å²) in [6.45, 7) is 3.37. The summed E-state index contributed by atoms with van der Waals surface area (Å²) in [7, 11) is 1.60. The predicted molar refractivity (Wildman–Crippen MR) is 128 cm³/mol. The van der Waals surface area contributed by atoms with Crippen LogP contribution in [-0.4, -0.2) is 25.5 Å². The van der Waals surface area contributed by atoms with E-state index in [1.165, 1.54) is 17.4 Å². The molecule has 7 heteroatoms. The Morgan fingerprint density at radius 3 is 2.53 bits per heavy atom. The third-order valence-electron chi connectivity index (χ3n) is 5.61. The number of nitrogens with zero attached hydrogens (tertiary/aromatic N) is 1. The van der Waals surface area contributed by atoms with Crippen LogP contribution in [0.2, 0.25) is 0 Å². The maximum atomic E-state index is 12.7. The average Bonchev–Trinajstić information content (AvgIpc) is 3.27. The number of hydrogen-bond acceptors (Lipinski definition) is 5. The van der Waals surface area contributed by atoms with Gasteiger partial charge in [-0.25, -0.2) is 0 Å². The van der Waals surface area contributed by atoms with Crippen LogP contribution < -0.4 is 20.3 Å². The normalized spacial score (nSPS) is 13.8. The molecule has 0 saturated carbocycles. The highest BCUT2D eigenvalue weighted by Gasteiger charge is 2.19. The first-order valence-electron chi connectivity index (χ1n) is 10.6. The highest BCUT2D eigenvalue weighted by Crippen LogP contribution is 2.28. The van der Waals surface area contributed by atoms with E-state index in [0.717, 1.165) is 42.2 Å². The van der Waals surface area contributed by atoms with Gasteiger partial charge in [-0.2, -0.15) is 0 Å². The van der Waals surface area contributed by atoms with E-state index in [9.17, 15) is 9.59 Å². The second kappa shape index (κ2) is 9.87. The van der Waals surface area contributed by atoms with E-state index in [0.29, 0.717) is 0 Å². The van der Waals surface area contributed by atoms with Crippen LogP contribution in [-0.2, 0) is 22.6 Å². The molecule has 0 radical (unpaired) electrons. The molecular formula is C25H27N3O3S. The summed E-state index contributed by atoms with van der Waals surface area (Å²) in [6.07, 6.45) is 1.21. The van der Waals surface area contributed by atoms with Crippen molar-refractivity contribution in [2.45, 2.75) is 32.4 Å². The Bertz CT molecular complexity index is 1080. The van der Waals surface area contributed by atoms with E-state index in [1.807, 2.05) is 59.9 Å². The van der Waals surface area contributed by atoms with Gasteiger partial charge >= 0.3 is 0 Å². The number of carbonyl (C=O) groups is 2. The minimum Gasteiger partial charge on any atom is -0.497 e. The summed E-state index contributed by atoms with van der Waals surface area (Å²) in [4.78, 5) is 28.2. The molecule has 0 fully saturated rings. The zero-order valence-corrected chi connectivity index (χ0v) is 19.1. The van der Waals surface area contributed by atoms with Crippen molar-refractivity contribution in [1.29, 1.82) is 0 Å². The summed E-state index contributed by atoms with van der Waals surface area (Å²) in [5.74, 6) is 0.385. The monoisotopic (exact) mass is 449 g/mol. The Hall–Kier alpha value is -3.32. The molecule has 166 valence electrons. The Morgan fingerprint density at radius 2 is 1.84 bits per heavy atom. The lowest BCUT2D eigenvalue weighted by Crippen LogP contribution is -2.30. The number of benzene rings is 2. The Morgan fingerprint density at radius 1 is 1.09 bits per heavy atom. The Balaban J connectivity index is 1.38. The van der Waals surface area contributed by atoms with Crippen LogP contribution in [0.3, 0.4) is 0 Å². The highest BCUT2D eigenvalue weighted by atomic mass is 32.1. The van der Waals surface area contributed by atoms with Gasteiger partial charge in [-0.3, -0.25) is 9.59 Å². The first kappa shape index (κ1) is 21.9. The number of hydrogen-bond donors (Lipinski definition) is 2. The fourth-order valence-corrected chi connectivity index (χ4v) is 4.85. The third-order valence-corrected chi connectivity index (χ3v) is 6.63. The summed E-state index contributed by atoms with van der Waals surface area (Å²) in [5.41, 5.74) is 4.14. The third kappa shape index (κ3) is 5.29. The first-order valence-corrected chi connectivity index (χ1v) is 11.5. The van der Waals surface area contributed by atoms with E-state index in [4.69, 9.17) is 4.74 Å². The molecule has 2 heterocycles. The largest absolute Gasteiger partial charge is 0.497 e. The van der Waals surface area contributed by atoms with E-state index in [2.05, 4.69) is 27.0 Å². The van der Waals surface area contributed by atoms with E-state index < -0.39 is 6.04 Å². The van der Waals surface area contributed by atoms with Crippen LogP contribution in [0.4, 0.5) is 11.4 Å². The van der Waals surface area contributed by atoms with E-state index >= 15 is 0 Å². The van der Waals surface area contributed by atoms with Gasteiger partial charge < -0.3 is 20.3 Å². The topological polar surface area (TPSA) is 70.7 Å². The predicted octanol–water partition coefficient (Wildman–Crippen LogP) is 4.53. The molecule has 0 bridgehead atoms. The van der Waals surface area contributed by atoms with Crippen LogP contribution in [0.25, 0.3) is 0 Å². The molecule has 32 heavy (non-hydrogen) atoms. The van der Waals surface area contributed by atoms with Gasteiger partial charge in [-0.1, -0.05) is 12.1 Å². The number of fused-ring (bicyclic) bond motifs is 1. The Labute approximate surface area is 192 Å². The lowest BCUT2D eigenvalue weighted by Gasteiger charge is -2.29. The fraction of sp³-hybridized carbons (Fsp3) is 0.280. The molecule has 0 saturated heterocycles. The minimum atomic E-state index is -0.411. The zero-order valence-electron chi connectivity index (χ0n) is 18.3. The summed E-state index contributed by atoms with van der Waals surface area (Å²) < 4.78 is 5.19. The van der Waals surface area contributed by atoms with Gasteiger partial charge in [0.1, 0.15) is 5.75 Å². The van der Waals surface area contributed by atoms with Gasteiger partial charge in [0.2, 0.25) is 11.8 Å².